The van der Waals surface area contributed by atoms with Crippen LogP contribution in [0.25, 0.3) is 0 Å². The molecule has 1 aliphatic heterocycles. The van der Waals surface area contributed by atoms with Crippen LogP contribution in [0.1, 0.15) is 57.8 Å². The minimum Gasteiger partial charge on any atom is -0.497 e. The zero-order valence-electron chi connectivity index (χ0n) is 12.4. The van der Waals surface area contributed by atoms with Gasteiger partial charge in [0, 0.05) is 0 Å². The predicted octanol–water partition coefficient (Wildman–Crippen LogP) is 3.12. The molecule has 0 aromatic rings. The molecule has 3 nitrogen and oxygen atoms in total. The maximum Gasteiger partial charge on any atom is 0.110 e. The molecule has 3 heteroatoms. The van der Waals surface area contributed by atoms with Gasteiger partial charge in [-0.2, -0.15) is 0 Å². The van der Waals surface area contributed by atoms with Crippen LogP contribution in [-0.4, -0.2) is 12.6 Å². The maximum atomic E-state index is 5.86. The van der Waals surface area contributed by atoms with Gasteiger partial charge in [0.15, 0.2) is 0 Å². The van der Waals surface area contributed by atoms with Crippen molar-refractivity contribution in [1.82, 2.24) is 5.43 Å². The molecule has 0 aromatic heterocycles. The molecular weight excluding hydrogens is 248 g/mol. The Kier molecular flexibility index (Phi) is 3.30. The third kappa shape index (κ3) is 2.29. The smallest absolute Gasteiger partial charge is 0.110 e. The summed E-state index contributed by atoms with van der Waals surface area (Å²) in [5.74, 6) is 10.0. The van der Waals surface area contributed by atoms with E-state index >= 15 is 0 Å². The van der Waals surface area contributed by atoms with Crippen LogP contribution >= 0.6 is 0 Å². The number of nitrogens with one attached hydrogen (secondary N) is 1. The van der Waals surface area contributed by atoms with E-state index < -0.39 is 0 Å². The fourth-order valence-electron chi connectivity index (χ4n) is 6.03. The quantitative estimate of drug-likeness (QED) is 0.612. The Morgan fingerprint density at radius 2 is 1.85 bits per heavy atom. The molecule has 5 rings (SSSR count). The highest BCUT2D eigenvalue weighted by Gasteiger charge is 2.51. The second kappa shape index (κ2) is 5.03. The molecule has 5 aliphatic rings. The van der Waals surface area contributed by atoms with E-state index in [1.165, 1.54) is 44.9 Å². The monoisotopic (exact) mass is 276 g/mol. The summed E-state index contributed by atoms with van der Waals surface area (Å²) in [6.45, 7) is 0.866. The molecule has 0 aromatic carbocycles. The minimum atomic E-state index is 0.242. The summed E-state index contributed by atoms with van der Waals surface area (Å²) in [5.41, 5.74) is 3.62. The molecule has 0 spiro atoms. The van der Waals surface area contributed by atoms with Crippen LogP contribution in [0.2, 0.25) is 0 Å². The van der Waals surface area contributed by atoms with Crippen molar-refractivity contribution >= 4 is 0 Å². The van der Waals surface area contributed by atoms with E-state index in [2.05, 4.69) is 11.5 Å². The molecule has 4 bridgehead atoms. The first kappa shape index (κ1) is 13.1. The van der Waals surface area contributed by atoms with Crippen molar-refractivity contribution in [2.75, 3.05) is 6.61 Å². The van der Waals surface area contributed by atoms with Gasteiger partial charge in [-0.25, -0.2) is 5.43 Å². The Morgan fingerprint density at radius 3 is 2.35 bits per heavy atom. The summed E-state index contributed by atoms with van der Waals surface area (Å²) >= 11 is 0. The van der Waals surface area contributed by atoms with Crippen molar-refractivity contribution in [2.45, 2.75) is 63.8 Å². The summed E-state index contributed by atoms with van der Waals surface area (Å²) in [5, 5.41) is 0. The maximum absolute atomic E-state index is 5.86. The van der Waals surface area contributed by atoms with Crippen LogP contribution < -0.4 is 11.3 Å². The highest BCUT2D eigenvalue weighted by atomic mass is 16.5. The van der Waals surface area contributed by atoms with E-state index in [1.807, 2.05) is 0 Å². The van der Waals surface area contributed by atoms with Gasteiger partial charge in [-0.05, 0) is 87.0 Å². The molecule has 0 amide bonds. The van der Waals surface area contributed by atoms with Gasteiger partial charge in [0.1, 0.15) is 5.76 Å². The van der Waals surface area contributed by atoms with Gasteiger partial charge in [0.2, 0.25) is 0 Å². The topological polar surface area (TPSA) is 47.3 Å². The molecule has 4 saturated carbocycles. The fourth-order valence-corrected chi connectivity index (χ4v) is 6.03. The Balaban J connectivity index is 1.50. The van der Waals surface area contributed by atoms with Crippen LogP contribution in [0.5, 0.6) is 0 Å². The van der Waals surface area contributed by atoms with Crippen molar-refractivity contribution in [3.8, 4) is 0 Å². The average Bonchev–Trinajstić information content (AvgIpc) is 2.44. The van der Waals surface area contributed by atoms with E-state index in [4.69, 9.17) is 10.6 Å². The summed E-state index contributed by atoms with van der Waals surface area (Å²) in [6.07, 6.45) is 14.6. The van der Waals surface area contributed by atoms with Crippen molar-refractivity contribution in [1.29, 1.82) is 0 Å². The predicted molar refractivity (Wildman–Crippen MR) is 79.6 cm³/mol. The van der Waals surface area contributed by atoms with Crippen LogP contribution in [-0.2, 0) is 4.74 Å². The van der Waals surface area contributed by atoms with Gasteiger partial charge in [0.05, 0.1) is 12.6 Å². The number of rotatable bonds is 4. The summed E-state index contributed by atoms with van der Waals surface area (Å²) in [7, 11) is 0. The van der Waals surface area contributed by atoms with E-state index in [-0.39, 0.29) is 6.04 Å². The van der Waals surface area contributed by atoms with E-state index in [0.717, 1.165) is 43.0 Å². The lowest BCUT2D eigenvalue weighted by Gasteiger charge is -2.57. The molecule has 1 unspecified atom stereocenters. The summed E-state index contributed by atoms with van der Waals surface area (Å²) in [4.78, 5) is 0. The summed E-state index contributed by atoms with van der Waals surface area (Å²) < 4.78 is 5.86. The van der Waals surface area contributed by atoms with Gasteiger partial charge < -0.3 is 4.74 Å². The second-order valence-electron chi connectivity index (χ2n) is 7.94. The molecule has 0 radical (unpaired) electrons. The lowest BCUT2D eigenvalue weighted by Crippen LogP contribution is -2.50. The van der Waals surface area contributed by atoms with Crippen LogP contribution in [0.3, 0.4) is 0 Å². The van der Waals surface area contributed by atoms with Gasteiger partial charge in [-0.3, -0.25) is 5.84 Å². The zero-order valence-corrected chi connectivity index (χ0v) is 12.4. The van der Waals surface area contributed by atoms with Crippen molar-refractivity contribution < 1.29 is 4.74 Å². The molecule has 4 aliphatic carbocycles. The van der Waals surface area contributed by atoms with E-state index in [9.17, 15) is 0 Å². The molecular formula is C17H28N2O. The lowest BCUT2D eigenvalue weighted by atomic mass is 9.48. The van der Waals surface area contributed by atoms with Gasteiger partial charge in [0.25, 0.3) is 0 Å². The second-order valence-corrected chi connectivity index (χ2v) is 7.94. The zero-order chi connectivity index (χ0) is 13.6. The largest absolute Gasteiger partial charge is 0.497 e. The summed E-state index contributed by atoms with van der Waals surface area (Å²) in [6, 6.07) is 0.242. The highest BCUT2D eigenvalue weighted by Crippen LogP contribution is 2.61. The Morgan fingerprint density at radius 1 is 1.20 bits per heavy atom. The number of allylic oxidation sites excluding steroid dienone is 1. The molecule has 1 atom stereocenters. The normalized spacial score (nSPS) is 44.0. The van der Waals surface area contributed by atoms with Crippen molar-refractivity contribution in [2.24, 2.45) is 29.0 Å². The molecule has 4 fully saturated rings. The molecule has 20 heavy (non-hydrogen) atoms. The molecule has 1 heterocycles. The number of ether oxygens (including phenoxy) is 1. The van der Waals surface area contributed by atoms with Gasteiger partial charge >= 0.3 is 0 Å². The van der Waals surface area contributed by atoms with Crippen molar-refractivity contribution in [3.63, 3.8) is 0 Å². The standard InChI is InChI=1S/C17H28N2O/c18-19-15(16-3-1-2-4-20-16)11-17-8-12-5-13(9-17)7-14(6-12)10-17/h3,12-15,19H,1-2,4-11,18H2. The molecule has 112 valence electrons. The third-order valence-corrected chi connectivity index (χ3v) is 6.31. The Hall–Kier alpha value is -0.540. The van der Waals surface area contributed by atoms with Crippen molar-refractivity contribution in [3.05, 3.63) is 11.8 Å². The first-order valence-corrected chi connectivity index (χ1v) is 8.55. The van der Waals surface area contributed by atoms with E-state index in [1.54, 1.807) is 0 Å². The van der Waals surface area contributed by atoms with Crippen LogP contribution in [0.15, 0.2) is 11.8 Å². The van der Waals surface area contributed by atoms with Gasteiger partial charge in [-0.15, -0.1) is 0 Å². The number of hydrazine groups is 1. The number of nitrogens with two attached hydrogens (primary N) is 1. The Bertz CT molecular complexity index is 369. The average molecular weight is 276 g/mol. The first-order valence-electron chi connectivity index (χ1n) is 8.55. The molecule has 0 saturated heterocycles. The number of hydrogen-bond acceptors (Lipinski definition) is 3. The third-order valence-electron chi connectivity index (χ3n) is 6.31. The fraction of sp³-hybridized carbons (Fsp3) is 0.882. The van der Waals surface area contributed by atoms with E-state index in [0.29, 0.717) is 5.41 Å². The first-order chi connectivity index (χ1) is 9.76. The minimum absolute atomic E-state index is 0.242. The molecule has 3 N–H and O–H groups in total. The van der Waals surface area contributed by atoms with Gasteiger partial charge in [-0.1, -0.05) is 0 Å². The lowest BCUT2D eigenvalue weighted by molar-refractivity contribution is -0.0629. The van der Waals surface area contributed by atoms with Crippen LogP contribution in [0, 0.1) is 23.2 Å². The van der Waals surface area contributed by atoms with Crippen LogP contribution in [0.4, 0.5) is 0 Å². The Labute approximate surface area is 122 Å². The number of hydrogen-bond donors (Lipinski definition) is 2. The highest BCUT2D eigenvalue weighted by molar-refractivity contribution is 5.10. The SMILES string of the molecule is NNC(CC12CC3CC(CC(C3)C1)C2)C1=CCCCO1.